The Labute approximate surface area is 94.2 Å². The predicted molar refractivity (Wildman–Crippen MR) is 56.4 cm³/mol. The van der Waals surface area contributed by atoms with E-state index in [1.807, 2.05) is 0 Å². The van der Waals surface area contributed by atoms with Crippen molar-refractivity contribution in [2.45, 2.75) is 0 Å². The zero-order chi connectivity index (χ0) is 11.4. The van der Waals surface area contributed by atoms with Gasteiger partial charge in [-0.15, -0.1) is 0 Å². The molecule has 2 N–H and O–H groups in total. The first kappa shape index (κ1) is 11.3. The maximum absolute atomic E-state index is 11.0. The van der Waals surface area contributed by atoms with Crippen molar-refractivity contribution in [3.8, 4) is 6.07 Å². The zero-order valence-electron chi connectivity index (χ0n) is 7.78. The molecule has 0 saturated heterocycles. The van der Waals surface area contributed by atoms with Gasteiger partial charge in [0.05, 0.1) is 11.6 Å². The lowest BCUT2D eigenvalue weighted by atomic mass is 10.2. The molecule has 6 heteroatoms. The minimum absolute atomic E-state index is 0.154. The van der Waals surface area contributed by atoms with Crippen molar-refractivity contribution in [1.82, 2.24) is 0 Å². The highest BCUT2D eigenvalue weighted by Gasteiger charge is 2.11. The van der Waals surface area contributed by atoms with Gasteiger partial charge in [-0.25, -0.2) is 4.79 Å². The molecule has 0 atom stereocenters. The Bertz CT molecular complexity index is 437. The lowest BCUT2D eigenvalue weighted by molar-refractivity contribution is -0.135. The second kappa shape index (κ2) is 4.66. The average Bonchev–Trinajstić information content (AvgIpc) is 2.53. The molecule has 0 unspecified atom stereocenters. The molecule has 0 spiro atoms. The van der Waals surface area contributed by atoms with E-state index in [0.717, 1.165) is 0 Å². The molecule has 0 aliphatic rings. The molecule has 0 radical (unpaired) electrons. The summed E-state index contributed by atoms with van der Waals surface area (Å²) in [5, 5.41) is 8.66. The molecule has 1 aromatic rings. The largest absolute Gasteiger partial charge is 0.465 e. The number of hydrogen-bond acceptors (Lipinski definition) is 5. The first-order valence-corrected chi connectivity index (χ1v) is 4.62. The summed E-state index contributed by atoms with van der Waals surface area (Å²) in [5.74, 6) is -0.228. The second-order valence-corrected chi connectivity index (χ2v) is 3.38. The molecule has 0 aliphatic heterocycles. The SMILES string of the molecule is COC(=O)/C(C#N)=C/c1cc(Br)c(N)o1. The van der Waals surface area contributed by atoms with Crippen LogP contribution >= 0.6 is 15.9 Å². The normalized spacial score (nSPS) is 10.9. The van der Waals surface area contributed by atoms with Crippen molar-refractivity contribution in [3.05, 3.63) is 21.9 Å². The lowest BCUT2D eigenvalue weighted by Gasteiger charge is -1.93. The monoisotopic (exact) mass is 270 g/mol. The number of rotatable bonds is 2. The smallest absolute Gasteiger partial charge is 0.348 e. The topological polar surface area (TPSA) is 89.2 Å². The third-order valence-corrected chi connectivity index (χ3v) is 2.16. The fraction of sp³-hybridized carbons (Fsp3) is 0.111. The van der Waals surface area contributed by atoms with Crippen molar-refractivity contribution in [2.75, 3.05) is 12.8 Å². The van der Waals surface area contributed by atoms with Gasteiger partial charge in [-0.2, -0.15) is 5.26 Å². The highest BCUT2D eigenvalue weighted by atomic mass is 79.9. The molecule has 5 nitrogen and oxygen atoms in total. The number of nitrogen functional groups attached to an aromatic ring is 1. The van der Waals surface area contributed by atoms with Gasteiger partial charge < -0.3 is 14.9 Å². The number of methoxy groups -OCH3 is 1. The molecule has 1 heterocycles. The van der Waals surface area contributed by atoms with Crippen LogP contribution in [0.15, 0.2) is 20.5 Å². The van der Waals surface area contributed by atoms with Gasteiger partial charge in [-0.05, 0) is 15.9 Å². The minimum Gasteiger partial charge on any atom is -0.465 e. The molecule has 0 amide bonds. The highest BCUT2D eigenvalue weighted by molar-refractivity contribution is 9.10. The van der Waals surface area contributed by atoms with E-state index in [1.165, 1.54) is 13.2 Å². The number of ether oxygens (including phenoxy) is 1. The van der Waals surface area contributed by atoms with Gasteiger partial charge in [-0.3, -0.25) is 0 Å². The number of carbonyl (C=O) groups excluding carboxylic acids is 1. The van der Waals surface area contributed by atoms with Gasteiger partial charge in [0.2, 0.25) is 5.88 Å². The highest BCUT2D eigenvalue weighted by Crippen LogP contribution is 2.25. The second-order valence-electron chi connectivity index (χ2n) is 2.52. The summed E-state index contributed by atoms with van der Waals surface area (Å²) in [4.78, 5) is 11.0. The van der Waals surface area contributed by atoms with Crippen LogP contribution in [-0.2, 0) is 9.53 Å². The quantitative estimate of drug-likeness (QED) is 0.502. The van der Waals surface area contributed by atoms with Crippen LogP contribution in [0.5, 0.6) is 0 Å². The number of carbonyl (C=O) groups is 1. The van der Waals surface area contributed by atoms with Crippen molar-refractivity contribution >= 4 is 33.9 Å². The molecule has 1 rings (SSSR count). The first-order valence-electron chi connectivity index (χ1n) is 3.83. The van der Waals surface area contributed by atoms with Crippen molar-refractivity contribution in [2.24, 2.45) is 0 Å². The van der Waals surface area contributed by atoms with Crippen LogP contribution in [0.1, 0.15) is 5.76 Å². The van der Waals surface area contributed by atoms with Gasteiger partial charge in [0, 0.05) is 12.1 Å². The Hall–Kier alpha value is -1.74. The molecule has 78 valence electrons. The Balaban J connectivity index is 3.05. The first-order chi connectivity index (χ1) is 7.08. The van der Waals surface area contributed by atoms with Crippen LogP contribution in [0.4, 0.5) is 5.88 Å². The summed E-state index contributed by atoms with van der Waals surface area (Å²) in [6, 6.07) is 3.25. The van der Waals surface area contributed by atoms with E-state index in [1.54, 1.807) is 12.1 Å². The summed E-state index contributed by atoms with van der Waals surface area (Å²) in [7, 11) is 1.19. The fourth-order valence-electron chi connectivity index (χ4n) is 0.861. The minimum atomic E-state index is -0.719. The molecule has 0 aromatic carbocycles. The Morgan fingerprint density at radius 1 is 1.80 bits per heavy atom. The maximum atomic E-state index is 11.0. The van der Waals surface area contributed by atoms with Gasteiger partial charge in [0.1, 0.15) is 17.4 Å². The van der Waals surface area contributed by atoms with Crippen LogP contribution in [0.25, 0.3) is 6.08 Å². The van der Waals surface area contributed by atoms with Crippen LogP contribution in [0.2, 0.25) is 0 Å². The molecule has 0 fully saturated rings. The number of nitrogens with two attached hydrogens (primary N) is 1. The third-order valence-electron chi connectivity index (χ3n) is 1.54. The molecular weight excluding hydrogens is 264 g/mol. The van der Waals surface area contributed by atoms with E-state index >= 15 is 0 Å². The van der Waals surface area contributed by atoms with Gasteiger partial charge in [0.15, 0.2) is 0 Å². The van der Waals surface area contributed by atoms with Crippen LogP contribution in [0.3, 0.4) is 0 Å². The molecule has 0 aliphatic carbocycles. The number of furan rings is 1. The van der Waals surface area contributed by atoms with Crippen molar-refractivity contribution in [1.29, 1.82) is 5.26 Å². The Morgan fingerprint density at radius 3 is 2.87 bits per heavy atom. The molecular formula is C9H7BrN2O3. The van der Waals surface area contributed by atoms with E-state index in [4.69, 9.17) is 15.4 Å². The Kier molecular flexibility index (Phi) is 3.52. The number of halogens is 1. The standard InChI is InChI=1S/C9H7BrN2O3/c1-14-9(13)5(4-11)2-6-3-7(10)8(12)15-6/h2-3H,12H2,1H3/b5-2+. The molecule has 1 aromatic heterocycles. The zero-order valence-corrected chi connectivity index (χ0v) is 9.37. The van der Waals surface area contributed by atoms with Gasteiger partial charge >= 0.3 is 5.97 Å². The van der Waals surface area contributed by atoms with Gasteiger partial charge in [0.25, 0.3) is 0 Å². The maximum Gasteiger partial charge on any atom is 0.348 e. The van der Waals surface area contributed by atoms with Crippen LogP contribution in [0, 0.1) is 11.3 Å². The van der Waals surface area contributed by atoms with Gasteiger partial charge in [-0.1, -0.05) is 0 Å². The predicted octanol–water partition coefficient (Wildman–Crippen LogP) is 1.70. The van der Waals surface area contributed by atoms with Crippen molar-refractivity contribution in [3.63, 3.8) is 0 Å². The number of anilines is 1. The number of esters is 1. The van der Waals surface area contributed by atoms with E-state index in [9.17, 15) is 4.79 Å². The number of nitriles is 1. The summed E-state index contributed by atoms with van der Waals surface area (Å²) in [5.41, 5.74) is 5.27. The average molecular weight is 271 g/mol. The van der Waals surface area contributed by atoms with Crippen molar-refractivity contribution < 1.29 is 13.9 Å². The van der Waals surface area contributed by atoms with E-state index in [2.05, 4.69) is 20.7 Å². The molecule has 15 heavy (non-hydrogen) atoms. The Morgan fingerprint density at radius 2 is 2.47 bits per heavy atom. The summed E-state index contributed by atoms with van der Waals surface area (Å²) in [6.07, 6.45) is 1.26. The summed E-state index contributed by atoms with van der Waals surface area (Å²) < 4.78 is 10.0. The lowest BCUT2D eigenvalue weighted by Crippen LogP contribution is -2.02. The third kappa shape index (κ3) is 2.60. The van der Waals surface area contributed by atoms with E-state index < -0.39 is 5.97 Å². The summed E-state index contributed by atoms with van der Waals surface area (Å²) in [6.45, 7) is 0. The number of nitrogens with zero attached hydrogens (tertiary/aromatic N) is 1. The van der Waals surface area contributed by atoms with Crippen LogP contribution in [-0.4, -0.2) is 13.1 Å². The number of hydrogen-bond donors (Lipinski definition) is 1. The van der Waals surface area contributed by atoms with E-state index in [0.29, 0.717) is 10.2 Å². The van der Waals surface area contributed by atoms with Crippen LogP contribution < -0.4 is 5.73 Å². The molecule has 0 bridgehead atoms. The summed E-state index contributed by atoms with van der Waals surface area (Å²) >= 11 is 3.13. The molecule has 0 saturated carbocycles. The fourth-order valence-corrected chi connectivity index (χ4v) is 1.17. The van der Waals surface area contributed by atoms with E-state index in [-0.39, 0.29) is 11.5 Å².